The van der Waals surface area contributed by atoms with Crippen molar-refractivity contribution >= 4 is 11.0 Å². The summed E-state index contributed by atoms with van der Waals surface area (Å²) < 4.78 is 26.5. The van der Waals surface area contributed by atoms with E-state index in [0.717, 1.165) is 11.6 Å². The van der Waals surface area contributed by atoms with Crippen molar-refractivity contribution in [3.8, 4) is 0 Å². The molecule has 0 aliphatic heterocycles. The Morgan fingerprint density at radius 1 is 1.00 bits per heavy atom. The molecule has 0 fully saturated rings. The van der Waals surface area contributed by atoms with Gasteiger partial charge in [0, 0.05) is 6.42 Å². The Morgan fingerprint density at radius 2 is 1.78 bits per heavy atom. The molecule has 0 radical (unpaired) electrons. The van der Waals surface area contributed by atoms with Crippen molar-refractivity contribution in [3.05, 3.63) is 65.5 Å². The number of aromatic nitrogens is 2. The van der Waals surface area contributed by atoms with Crippen molar-refractivity contribution in [2.75, 3.05) is 0 Å². The maximum absolute atomic E-state index is 13.5. The highest BCUT2D eigenvalue weighted by atomic mass is 19.2. The molecule has 0 saturated heterocycles. The molecule has 18 heavy (non-hydrogen) atoms. The van der Waals surface area contributed by atoms with E-state index < -0.39 is 11.6 Å². The summed E-state index contributed by atoms with van der Waals surface area (Å²) >= 11 is 0. The quantitative estimate of drug-likeness (QED) is 0.735. The van der Waals surface area contributed by atoms with Gasteiger partial charge in [-0.1, -0.05) is 30.3 Å². The third kappa shape index (κ3) is 1.86. The maximum Gasteiger partial charge on any atom is 0.186 e. The molecule has 0 saturated carbocycles. The summed E-state index contributed by atoms with van der Waals surface area (Å²) in [6.45, 7) is 0. The molecule has 4 heteroatoms. The van der Waals surface area contributed by atoms with Crippen LogP contribution in [-0.4, -0.2) is 9.97 Å². The second-order valence-corrected chi connectivity index (χ2v) is 4.10. The molecular formula is C14H10F2N2. The second-order valence-electron chi connectivity index (χ2n) is 4.10. The maximum atomic E-state index is 13.5. The number of rotatable bonds is 2. The van der Waals surface area contributed by atoms with Gasteiger partial charge in [0.1, 0.15) is 11.3 Å². The van der Waals surface area contributed by atoms with Crippen LogP contribution >= 0.6 is 0 Å². The van der Waals surface area contributed by atoms with Crippen LogP contribution in [0.4, 0.5) is 8.78 Å². The lowest BCUT2D eigenvalue weighted by atomic mass is 10.1. The zero-order valence-corrected chi connectivity index (χ0v) is 9.45. The Morgan fingerprint density at radius 3 is 2.56 bits per heavy atom. The van der Waals surface area contributed by atoms with Crippen LogP contribution in [0.15, 0.2) is 42.5 Å². The highest BCUT2D eigenvalue weighted by Crippen LogP contribution is 2.19. The van der Waals surface area contributed by atoms with Gasteiger partial charge < -0.3 is 4.98 Å². The Hall–Kier alpha value is -2.23. The second kappa shape index (κ2) is 4.22. The number of nitrogens with zero attached hydrogens (tertiary/aromatic N) is 1. The van der Waals surface area contributed by atoms with E-state index in [1.165, 1.54) is 6.07 Å². The van der Waals surface area contributed by atoms with Gasteiger partial charge >= 0.3 is 0 Å². The summed E-state index contributed by atoms with van der Waals surface area (Å²) in [5.74, 6) is -1.15. The standard InChI is InChI=1S/C14H10F2N2/c15-10-6-7-11-14(13(10)16)18-12(17-11)8-9-4-2-1-3-5-9/h1-7H,8H2,(H,17,18). The summed E-state index contributed by atoms with van der Waals surface area (Å²) in [7, 11) is 0. The molecule has 2 aromatic carbocycles. The van der Waals surface area contributed by atoms with Gasteiger partial charge in [0.15, 0.2) is 11.6 Å². The van der Waals surface area contributed by atoms with Crippen molar-refractivity contribution < 1.29 is 8.78 Å². The van der Waals surface area contributed by atoms with Gasteiger partial charge in [0.2, 0.25) is 0 Å². The van der Waals surface area contributed by atoms with Gasteiger partial charge in [-0.15, -0.1) is 0 Å². The Labute approximate surface area is 102 Å². The fraction of sp³-hybridized carbons (Fsp3) is 0.0714. The number of aromatic amines is 1. The minimum Gasteiger partial charge on any atom is -0.342 e. The number of hydrogen-bond donors (Lipinski definition) is 1. The first kappa shape index (κ1) is 10.9. The monoisotopic (exact) mass is 244 g/mol. The van der Waals surface area contributed by atoms with E-state index in [0.29, 0.717) is 17.8 Å². The minimum atomic E-state index is -0.900. The summed E-state index contributed by atoms with van der Waals surface area (Å²) in [5.41, 5.74) is 1.64. The molecule has 0 amide bonds. The molecule has 3 rings (SSSR count). The molecule has 1 N–H and O–H groups in total. The van der Waals surface area contributed by atoms with Crippen molar-refractivity contribution in [3.63, 3.8) is 0 Å². The number of H-pyrrole nitrogens is 1. The predicted molar refractivity (Wildman–Crippen MR) is 65.3 cm³/mol. The summed E-state index contributed by atoms with van der Waals surface area (Å²) in [6.07, 6.45) is 0.566. The number of halogens is 2. The lowest BCUT2D eigenvalue weighted by Gasteiger charge is -1.96. The first-order valence-corrected chi connectivity index (χ1v) is 5.60. The molecule has 0 spiro atoms. The van der Waals surface area contributed by atoms with Crippen molar-refractivity contribution in [2.45, 2.75) is 6.42 Å². The van der Waals surface area contributed by atoms with Crippen molar-refractivity contribution in [1.29, 1.82) is 0 Å². The fourth-order valence-corrected chi connectivity index (χ4v) is 1.94. The van der Waals surface area contributed by atoms with Gasteiger partial charge in [0.25, 0.3) is 0 Å². The summed E-state index contributed by atoms with van der Waals surface area (Å²) in [4.78, 5) is 7.09. The molecule has 0 aliphatic rings. The zero-order chi connectivity index (χ0) is 12.5. The molecule has 0 aliphatic carbocycles. The fourth-order valence-electron chi connectivity index (χ4n) is 1.94. The normalized spacial score (nSPS) is 11.0. The number of imidazole rings is 1. The molecule has 0 bridgehead atoms. The van der Waals surface area contributed by atoms with Gasteiger partial charge in [-0.05, 0) is 17.7 Å². The highest BCUT2D eigenvalue weighted by Gasteiger charge is 2.11. The lowest BCUT2D eigenvalue weighted by Crippen LogP contribution is -1.89. The number of hydrogen-bond acceptors (Lipinski definition) is 1. The number of nitrogens with one attached hydrogen (secondary N) is 1. The van der Waals surface area contributed by atoms with Crippen LogP contribution in [-0.2, 0) is 6.42 Å². The molecule has 0 unspecified atom stereocenters. The van der Waals surface area contributed by atoms with Crippen LogP contribution < -0.4 is 0 Å². The SMILES string of the molecule is Fc1ccc2[nH]c(Cc3ccccc3)nc2c1F. The Balaban J connectivity index is 2.02. The Bertz CT molecular complexity index is 690. The van der Waals surface area contributed by atoms with Crippen LogP contribution in [0.2, 0.25) is 0 Å². The lowest BCUT2D eigenvalue weighted by molar-refractivity contribution is 0.515. The predicted octanol–water partition coefficient (Wildman–Crippen LogP) is 3.43. The molecule has 1 aromatic heterocycles. The molecular weight excluding hydrogens is 234 g/mol. The van der Waals surface area contributed by atoms with Crippen LogP contribution in [0.3, 0.4) is 0 Å². The van der Waals surface area contributed by atoms with Crippen molar-refractivity contribution in [2.24, 2.45) is 0 Å². The smallest absolute Gasteiger partial charge is 0.186 e. The number of benzene rings is 2. The van der Waals surface area contributed by atoms with E-state index in [4.69, 9.17) is 0 Å². The summed E-state index contributed by atoms with van der Waals surface area (Å²) in [6, 6.07) is 12.3. The van der Waals surface area contributed by atoms with E-state index in [9.17, 15) is 8.78 Å². The molecule has 0 atom stereocenters. The molecule has 1 heterocycles. The van der Waals surface area contributed by atoms with E-state index in [-0.39, 0.29) is 5.52 Å². The minimum absolute atomic E-state index is 0.0564. The first-order valence-electron chi connectivity index (χ1n) is 5.60. The third-order valence-corrected chi connectivity index (χ3v) is 2.81. The third-order valence-electron chi connectivity index (χ3n) is 2.81. The van der Waals surface area contributed by atoms with E-state index in [1.807, 2.05) is 30.3 Å². The van der Waals surface area contributed by atoms with Gasteiger partial charge in [-0.25, -0.2) is 13.8 Å². The first-order chi connectivity index (χ1) is 8.74. The average molecular weight is 244 g/mol. The van der Waals surface area contributed by atoms with Crippen molar-refractivity contribution in [1.82, 2.24) is 9.97 Å². The van der Waals surface area contributed by atoms with Gasteiger partial charge in [-0.2, -0.15) is 0 Å². The van der Waals surface area contributed by atoms with Crippen LogP contribution in [0.1, 0.15) is 11.4 Å². The van der Waals surface area contributed by atoms with E-state index in [2.05, 4.69) is 9.97 Å². The van der Waals surface area contributed by atoms with Crippen LogP contribution in [0.25, 0.3) is 11.0 Å². The van der Waals surface area contributed by atoms with Crippen LogP contribution in [0, 0.1) is 11.6 Å². The van der Waals surface area contributed by atoms with Gasteiger partial charge in [0.05, 0.1) is 5.52 Å². The summed E-state index contributed by atoms with van der Waals surface area (Å²) in [5, 5.41) is 0. The zero-order valence-electron chi connectivity index (χ0n) is 9.45. The van der Waals surface area contributed by atoms with Crippen LogP contribution in [0.5, 0.6) is 0 Å². The van der Waals surface area contributed by atoms with Gasteiger partial charge in [-0.3, -0.25) is 0 Å². The molecule has 90 valence electrons. The average Bonchev–Trinajstić information content (AvgIpc) is 2.79. The molecule has 3 aromatic rings. The Kier molecular flexibility index (Phi) is 2.55. The van der Waals surface area contributed by atoms with E-state index >= 15 is 0 Å². The number of fused-ring (bicyclic) bond motifs is 1. The largest absolute Gasteiger partial charge is 0.342 e. The topological polar surface area (TPSA) is 28.7 Å². The highest BCUT2D eigenvalue weighted by molar-refractivity contribution is 5.75. The molecule has 2 nitrogen and oxygen atoms in total. The van der Waals surface area contributed by atoms with E-state index in [1.54, 1.807) is 0 Å².